The van der Waals surface area contributed by atoms with E-state index in [-0.39, 0.29) is 5.56 Å². The van der Waals surface area contributed by atoms with Gasteiger partial charge in [0.15, 0.2) is 6.61 Å². The Hall–Kier alpha value is -3.61. The van der Waals surface area contributed by atoms with Crippen LogP contribution in [0.1, 0.15) is 28.7 Å². The van der Waals surface area contributed by atoms with Crippen molar-refractivity contribution in [1.29, 1.82) is 0 Å². The van der Waals surface area contributed by atoms with E-state index < -0.39 is 18.5 Å². The van der Waals surface area contributed by atoms with Crippen molar-refractivity contribution in [2.45, 2.75) is 27.3 Å². The average molecular weight is 391 g/mol. The second-order valence-electron chi connectivity index (χ2n) is 6.82. The zero-order chi connectivity index (χ0) is 20.5. The number of nitrogens with one attached hydrogen (secondary N) is 1. The minimum absolute atomic E-state index is 0.256. The molecule has 0 spiro atoms. The molecular formula is C22H21N3O4. The summed E-state index contributed by atoms with van der Waals surface area (Å²) in [6, 6.07) is 14.0. The van der Waals surface area contributed by atoms with E-state index in [9.17, 15) is 9.59 Å². The molecule has 7 heteroatoms. The van der Waals surface area contributed by atoms with Gasteiger partial charge in [0, 0.05) is 34.0 Å². The Morgan fingerprint density at radius 2 is 1.86 bits per heavy atom. The highest BCUT2D eigenvalue weighted by molar-refractivity contribution is 6.10. The Kier molecular flexibility index (Phi) is 4.80. The quantitative estimate of drug-likeness (QED) is 0.515. The van der Waals surface area contributed by atoms with Gasteiger partial charge in [-0.25, -0.2) is 4.79 Å². The molecule has 1 amide bonds. The SMILES string of the molecule is CCn1c2ccccc2c2cc(NC(=O)COC(=O)c3c(C)noc3C)ccc21. The number of hydrogen-bond donors (Lipinski definition) is 1. The van der Waals surface area contributed by atoms with Crippen LogP contribution >= 0.6 is 0 Å². The number of fused-ring (bicyclic) bond motifs is 3. The van der Waals surface area contributed by atoms with Gasteiger partial charge in [-0.15, -0.1) is 0 Å². The van der Waals surface area contributed by atoms with Crippen LogP contribution in [0.15, 0.2) is 47.0 Å². The predicted octanol–water partition coefficient (Wildman–Crippen LogP) is 4.21. The van der Waals surface area contributed by atoms with E-state index >= 15 is 0 Å². The van der Waals surface area contributed by atoms with Crippen molar-refractivity contribution < 1.29 is 18.8 Å². The Morgan fingerprint density at radius 3 is 2.59 bits per heavy atom. The first-order chi connectivity index (χ1) is 14.0. The summed E-state index contributed by atoms with van der Waals surface area (Å²) in [6.45, 7) is 5.84. The molecule has 4 rings (SSSR count). The number of esters is 1. The first-order valence-corrected chi connectivity index (χ1v) is 9.40. The van der Waals surface area contributed by atoms with Crippen LogP contribution in [0.25, 0.3) is 21.8 Å². The minimum Gasteiger partial charge on any atom is -0.452 e. The predicted molar refractivity (Wildman–Crippen MR) is 110 cm³/mol. The maximum atomic E-state index is 12.3. The molecule has 0 bridgehead atoms. The smallest absolute Gasteiger partial charge is 0.344 e. The number of nitrogens with zero attached hydrogens (tertiary/aromatic N) is 2. The number of ether oxygens (including phenoxy) is 1. The van der Waals surface area contributed by atoms with Crippen LogP contribution in [0.3, 0.4) is 0 Å². The van der Waals surface area contributed by atoms with Gasteiger partial charge in [0.05, 0.1) is 5.69 Å². The highest BCUT2D eigenvalue weighted by atomic mass is 16.5. The van der Waals surface area contributed by atoms with Gasteiger partial charge in [0.2, 0.25) is 0 Å². The third-order valence-corrected chi connectivity index (χ3v) is 4.94. The lowest BCUT2D eigenvalue weighted by Gasteiger charge is -2.07. The van der Waals surface area contributed by atoms with E-state index in [4.69, 9.17) is 9.26 Å². The molecule has 0 radical (unpaired) electrons. The molecular weight excluding hydrogens is 370 g/mol. The molecule has 0 aliphatic rings. The standard InChI is InChI=1S/C22H21N3O4/c1-4-25-18-8-6-5-7-16(18)17-11-15(9-10-19(17)25)23-20(26)12-28-22(27)21-13(2)24-29-14(21)3/h5-11H,4,12H2,1-3H3,(H,23,26). The third-order valence-electron chi connectivity index (χ3n) is 4.94. The Balaban J connectivity index is 1.51. The maximum absolute atomic E-state index is 12.3. The largest absolute Gasteiger partial charge is 0.452 e. The van der Waals surface area contributed by atoms with E-state index in [1.54, 1.807) is 13.8 Å². The molecule has 2 aromatic heterocycles. The van der Waals surface area contributed by atoms with Crippen LogP contribution in [0, 0.1) is 13.8 Å². The van der Waals surface area contributed by atoms with Crippen molar-refractivity contribution in [2.24, 2.45) is 0 Å². The average Bonchev–Trinajstić information content (AvgIpc) is 3.22. The van der Waals surface area contributed by atoms with Gasteiger partial charge in [0.25, 0.3) is 5.91 Å². The molecule has 0 aliphatic heterocycles. The van der Waals surface area contributed by atoms with Crippen LogP contribution in [-0.2, 0) is 16.1 Å². The molecule has 2 aromatic carbocycles. The summed E-state index contributed by atoms with van der Waals surface area (Å²) < 4.78 is 12.3. The molecule has 4 aromatic rings. The lowest BCUT2D eigenvalue weighted by Crippen LogP contribution is -2.21. The fraction of sp³-hybridized carbons (Fsp3) is 0.227. The first kappa shape index (κ1) is 18.7. The number of anilines is 1. The van der Waals surface area contributed by atoms with Gasteiger partial charge >= 0.3 is 5.97 Å². The summed E-state index contributed by atoms with van der Waals surface area (Å²) in [5.74, 6) is -0.674. The number of hydrogen-bond acceptors (Lipinski definition) is 5. The summed E-state index contributed by atoms with van der Waals surface area (Å²) >= 11 is 0. The van der Waals surface area contributed by atoms with Gasteiger partial charge in [-0.2, -0.15) is 0 Å². The summed E-state index contributed by atoms with van der Waals surface area (Å²) in [5.41, 5.74) is 3.60. The van der Waals surface area contributed by atoms with Gasteiger partial charge in [-0.3, -0.25) is 4.79 Å². The van der Waals surface area contributed by atoms with Crippen molar-refractivity contribution in [3.8, 4) is 0 Å². The lowest BCUT2D eigenvalue weighted by atomic mass is 10.1. The topological polar surface area (TPSA) is 86.4 Å². The molecule has 0 saturated carbocycles. The van der Waals surface area contributed by atoms with Gasteiger partial charge in [-0.1, -0.05) is 23.4 Å². The Morgan fingerprint density at radius 1 is 1.10 bits per heavy atom. The van der Waals surface area contributed by atoms with Gasteiger partial charge in [0.1, 0.15) is 11.3 Å². The zero-order valence-electron chi connectivity index (χ0n) is 16.5. The number of aryl methyl sites for hydroxylation is 3. The van der Waals surface area contributed by atoms with E-state index in [0.29, 0.717) is 17.1 Å². The summed E-state index contributed by atoms with van der Waals surface area (Å²) in [4.78, 5) is 24.4. The molecule has 0 atom stereocenters. The maximum Gasteiger partial charge on any atom is 0.344 e. The van der Waals surface area contributed by atoms with Crippen LogP contribution in [0.5, 0.6) is 0 Å². The van der Waals surface area contributed by atoms with Crippen molar-refractivity contribution in [3.05, 3.63) is 59.5 Å². The van der Waals surface area contributed by atoms with Crippen molar-refractivity contribution in [2.75, 3.05) is 11.9 Å². The first-order valence-electron chi connectivity index (χ1n) is 9.40. The minimum atomic E-state index is -0.627. The van der Waals surface area contributed by atoms with E-state index in [1.165, 1.54) is 0 Å². The molecule has 148 valence electrons. The summed E-state index contributed by atoms with van der Waals surface area (Å²) in [6.07, 6.45) is 0. The molecule has 29 heavy (non-hydrogen) atoms. The fourth-order valence-electron chi connectivity index (χ4n) is 3.65. The summed E-state index contributed by atoms with van der Waals surface area (Å²) in [7, 11) is 0. The van der Waals surface area contributed by atoms with E-state index in [2.05, 4.69) is 34.1 Å². The number of aromatic nitrogens is 2. The Labute approximate surface area is 167 Å². The third kappa shape index (κ3) is 3.35. The van der Waals surface area contributed by atoms with Gasteiger partial charge in [-0.05, 0) is 45.0 Å². The molecule has 2 heterocycles. The van der Waals surface area contributed by atoms with Crippen LogP contribution in [-0.4, -0.2) is 28.2 Å². The molecule has 0 aliphatic carbocycles. The molecule has 1 N–H and O–H groups in total. The van der Waals surface area contributed by atoms with E-state index in [0.717, 1.165) is 28.4 Å². The van der Waals surface area contributed by atoms with Crippen molar-refractivity contribution >= 4 is 39.4 Å². The van der Waals surface area contributed by atoms with Crippen molar-refractivity contribution in [3.63, 3.8) is 0 Å². The van der Waals surface area contributed by atoms with E-state index in [1.807, 2.05) is 30.3 Å². The monoisotopic (exact) mass is 391 g/mol. The number of carbonyl (C=O) groups is 2. The Bertz CT molecular complexity index is 1220. The van der Waals surface area contributed by atoms with Crippen molar-refractivity contribution in [1.82, 2.24) is 9.72 Å². The zero-order valence-corrected chi connectivity index (χ0v) is 16.5. The van der Waals surface area contributed by atoms with Crippen LogP contribution in [0.2, 0.25) is 0 Å². The number of rotatable bonds is 5. The molecule has 0 saturated heterocycles. The second-order valence-corrected chi connectivity index (χ2v) is 6.82. The number of para-hydroxylation sites is 1. The molecule has 0 unspecified atom stereocenters. The molecule has 7 nitrogen and oxygen atoms in total. The molecule has 0 fully saturated rings. The number of carbonyl (C=O) groups excluding carboxylic acids is 2. The highest BCUT2D eigenvalue weighted by Crippen LogP contribution is 2.30. The second kappa shape index (κ2) is 7.43. The number of amides is 1. The van der Waals surface area contributed by atoms with Crippen LogP contribution in [0.4, 0.5) is 5.69 Å². The summed E-state index contributed by atoms with van der Waals surface area (Å²) in [5, 5.41) is 8.70. The highest BCUT2D eigenvalue weighted by Gasteiger charge is 2.20. The van der Waals surface area contributed by atoms with Crippen LogP contribution < -0.4 is 5.32 Å². The normalized spacial score (nSPS) is 11.1. The lowest BCUT2D eigenvalue weighted by molar-refractivity contribution is -0.119. The number of benzene rings is 2. The van der Waals surface area contributed by atoms with Gasteiger partial charge < -0.3 is 19.1 Å². The fourth-order valence-corrected chi connectivity index (χ4v) is 3.65.